The van der Waals surface area contributed by atoms with Gasteiger partial charge in [0.2, 0.25) is 5.88 Å². The van der Waals surface area contributed by atoms with Gasteiger partial charge in [0.25, 0.3) is 0 Å². The first-order valence-electron chi connectivity index (χ1n) is 4.52. The Bertz CT molecular complexity index is 478. The number of methoxy groups -OCH3 is 1. The fourth-order valence-electron chi connectivity index (χ4n) is 1.39. The average molecular weight is 204 g/mol. The molecular weight excluding hydrogens is 192 g/mol. The predicted molar refractivity (Wildman–Crippen MR) is 57.5 cm³/mol. The quantitative estimate of drug-likeness (QED) is 0.774. The number of aromatic nitrogens is 3. The van der Waals surface area contributed by atoms with Crippen molar-refractivity contribution in [2.75, 3.05) is 12.8 Å². The molecule has 0 bridgehead atoms. The predicted octanol–water partition coefficient (Wildman–Crippen LogP) is 1.37. The number of anilines is 1. The van der Waals surface area contributed by atoms with E-state index in [-0.39, 0.29) is 0 Å². The number of pyridine rings is 1. The molecule has 3 N–H and O–H groups in total. The highest BCUT2D eigenvalue weighted by atomic mass is 16.5. The third kappa shape index (κ3) is 1.76. The second-order valence-corrected chi connectivity index (χ2v) is 3.28. The van der Waals surface area contributed by atoms with Crippen molar-refractivity contribution in [3.8, 4) is 17.1 Å². The molecule has 0 spiro atoms. The maximum Gasteiger partial charge on any atom is 0.222 e. The minimum absolute atomic E-state index is 0.452. The van der Waals surface area contributed by atoms with Crippen LogP contribution in [0.5, 0.6) is 5.88 Å². The standard InChI is InChI=1S/C10H12N4O/c1-6-3-7(10(15-2)12-5-6)8-4-9(11)14-13-8/h3-5H,1-2H3,(H3,11,13,14). The number of nitrogen functional groups attached to an aromatic ring is 1. The van der Waals surface area contributed by atoms with Gasteiger partial charge >= 0.3 is 0 Å². The van der Waals surface area contributed by atoms with Crippen LogP contribution in [0.3, 0.4) is 0 Å². The van der Waals surface area contributed by atoms with Gasteiger partial charge in [0, 0.05) is 12.3 Å². The largest absolute Gasteiger partial charge is 0.481 e. The van der Waals surface area contributed by atoms with E-state index in [9.17, 15) is 0 Å². The van der Waals surface area contributed by atoms with Crippen molar-refractivity contribution in [3.63, 3.8) is 0 Å². The zero-order valence-corrected chi connectivity index (χ0v) is 8.61. The summed E-state index contributed by atoms with van der Waals surface area (Å²) >= 11 is 0. The molecule has 0 amide bonds. The Morgan fingerprint density at radius 3 is 2.80 bits per heavy atom. The summed E-state index contributed by atoms with van der Waals surface area (Å²) in [6.07, 6.45) is 1.75. The van der Waals surface area contributed by atoms with E-state index < -0.39 is 0 Å². The van der Waals surface area contributed by atoms with Gasteiger partial charge < -0.3 is 10.5 Å². The highest BCUT2D eigenvalue weighted by Gasteiger charge is 2.09. The van der Waals surface area contributed by atoms with E-state index in [4.69, 9.17) is 10.5 Å². The van der Waals surface area contributed by atoms with Crippen molar-refractivity contribution in [2.24, 2.45) is 0 Å². The zero-order valence-electron chi connectivity index (χ0n) is 8.61. The van der Waals surface area contributed by atoms with Crippen LogP contribution in [0.25, 0.3) is 11.3 Å². The third-order valence-electron chi connectivity index (χ3n) is 2.07. The van der Waals surface area contributed by atoms with Crippen LogP contribution in [0.4, 0.5) is 5.82 Å². The molecule has 5 heteroatoms. The fraction of sp³-hybridized carbons (Fsp3) is 0.200. The molecule has 0 atom stereocenters. The van der Waals surface area contributed by atoms with E-state index in [1.807, 2.05) is 13.0 Å². The van der Waals surface area contributed by atoms with Crippen LogP contribution in [0.2, 0.25) is 0 Å². The van der Waals surface area contributed by atoms with Gasteiger partial charge in [-0.05, 0) is 18.6 Å². The normalized spacial score (nSPS) is 10.3. The minimum atomic E-state index is 0.452. The summed E-state index contributed by atoms with van der Waals surface area (Å²) in [7, 11) is 1.58. The molecule has 0 aliphatic rings. The number of H-pyrrole nitrogens is 1. The number of nitrogens with two attached hydrogens (primary N) is 1. The Morgan fingerprint density at radius 2 is 2.20 bits per heavy atom. The number of aryl methyl sites for hydroxylation is 1. The van der Waals surface area contributed by atoms with E-state index in [0.29, 0.717) is 11.7 Å². The molecule has 2 rings (SSSR count). The Morgan fingerprint density at radius 1 is 1.40 bits per heavy atom. The van der Waals surface area contributed by atoms with Gasteiger partial charge in [0.15, 0.2) is 0 Å². The lowest BCUT2D eigenvalue weighted by Crippen LogP contribution is -1.92. The van der Waals surface area contributed by atoms with Gasteiger partial charge in [-0.2, -0.15) is 5.10 Å². The smallest absolute Gasteiger partial charge is 0.222 e. The maximum atomic E-state index is 5.54. The van der Waals surface area contributed by atoms with E-state index in [1.165, 1.54) is 0 Å². The summed E-state index contributed by atoms with van der Waals surface area (Å²) in [4.78, 5) is 4.17. The second-order valence-electron chi connectivity index (χ2n) is 3.28. The summed E-state index contributed by atoms with van der Waals surface area (Å²) in [6, 6.07) is 3.72. The van der Waals surface area contributed by atoms with Crippen LogP contribution < -0.4 is 10.5 Å². The molecule has 2 aromatic rings. The SMILES string of the molecule is COc1ncc(C)cc1-c1cc(N)n[nH]1. The number of nitrogens with zero attached hydrogens (tertiary/aromatic N) is 2. The molecule has 78 valence electrons. The van der Waals surface area contributed by atoms with Gasteiger partial charge in [-0.1, -0.05) is 0 Å². The Labute approximate surface area is 87.3 Å². The molecule has 0 aromatic carbocycles. The minimum Gasteiger partial charge on any atom is -0.481 e. The highest BCUT2D eigenvalue weighted by molar-refractivity contribution is 5.67. The lowest BCUT2D eigenvalue weighted by molar-refractivity contribution is 0.399. The fourth-order valence-corrected chi connectivity index (χ4v) is 1.39. The summed E-state index contributed by atoms with van der Waals surface area (Å²) < 4.78 is 5.16. The van der Waals surface area contributed by atoms with Gasteiger partial charge in [0.1, 0.15) is 5.82 Å². The summed E-state index contributed by atoms with van der Waals surface area (Å²) in [5.41, 5.74) is 8.27. The summed E-state index contributed by atoms with van der Waals surface area (Å²) in [6.45, 7) is 1.97. The molecule has 0 unspecified atom stereocenters. The first-order valence-corrected chi connectivity index (χ1v) is 4.52. The molecule has 0 radical (unpaired) electrons. The zero-order chi connectivity index (χ0) is 10.8. The lowest BCUT2D eigenvalue weighted by atomic mass is 10.1. The molecule has 15 heavy (non-hydrogen) atoms. The number of nitrogens with one attached hydrogen (secondary N) is 1. The Balaban J connectivity index is 2.55. The highest BCUT2D eigenvalue weighted by Crippen LogP contribution is 2.27. The van der Waals surface area contributed by atoms with E-state index in [2.05, 4.69) is 15.2 Å². The van der Waals surface area contributed by atoms with Crippen LogP contribution >= 0.6 is 0 Å². The number of rotatable bonds is 2. The lowest BCUT2D eigenvalue weighted by Gasteiger charge is -2.05. The van der Waals surface area contributed by atoms with E-state index in [0.717, 1.165) is 16.8 Å². The van der Waals surface area contributed by atoms with Crippen LogP contribution in [0.15, 0.2) is 18.3 Å². The first-order chi connectivity index (χ1) is 7.20. The topological polar surface area (TPSA) is 76.8 Å². The summed E-state index contributed by atoms with van der Waals surface area (Å²) in [5, 5.41) is 6.70. The number of ether oxygens (including phenoxy) is 1. The van der Waals surface area contributed by atoms with E-state index >= 15 is 0 Å². The van der Waals surface area contributed by atoms with Crippen LogP contribution in [0.1, 0.15) is 5.56 Å². The molecule has 0 saturated heterocycles. The molecule has 0 aliphatic carbocycles. The molecule has 5 nitrogen and oxygen atoms in total. The Hall–Kier alpha value is -2.04. The van der Waals surface area contributed by atoms with E-state index in [1.54, 1.807) is 19.4 Å². The van der Waals surface area contributed by atoms with Gasteiger partial charge in [-0.15, -0.1) is 0 Å². The number of hydrogen-bond donors (Lipinski definition) is 2. The van der Waals surface area contributed by atoms with Crippen molar-refractivity contribution in [1.29, 1.82) is 0 Å². The number of hydrogen-bond acceptors (Lipinski definition) is 4. The molecule has 2 heterocycles. The molecule has 0 fully saturated rings. The van der Waals surface area contributed by atoms with Crippen molar-refractivity contribution in [1.82, 2.24) is 15.2 Å². The van der Waals surface area contributed by atoms with Gasteiger partial charge in [-0.25, -0.2) is 4.98 Å². The second kappa shape index (κ2) is 3.61. The third-order valence-corrected chi connectivity index (χ3v) is 2.07. The Kier molecular flexibility index (Phi) is 2.29. The number of aromatic amines is 1. The van der Waals surface area contributed by atoms with Crippen LogP contribution in [-0.4, -0.2) is 22.3 Å². The average Bonchev–Trinajstić information content (AvgIpc) is 2.65. The maximum absolute atomic E-state index is 5.54. The van der Waals surface area contributed by atoms with Crippen molar-refractivity contribution in [3.05, 3.63) is 23.9 Å². The van der Waals surface area contributed by atoms with Crippen molar-refractivity contribution in [2.45, 2.75) is 6.92 Å². The van der Waals surface area contributed by atoms with Crippen molar-refractivity contribution >= 4 is 5.82 Å². The molecule has 0 saturated carbocycles. The molecule has 0 aliphatic heterocycles. The molecule has 2 aromatic heterocycles. The first kappa shape index (κ1) is 9.51. The summed E-state index contributed by atoms with van der Waals surface area (Å²) in [5.74, 6) is 1.01. The van der Waals surface area contributed by atoms with Crippen LogP contribution in [-0.2, 0) is 0 Å². The van der Waals surface area contributed by atoms with Crippen molar-refractivity contribution < 1.29 is 4.74 Å². The monoisotopic (exact) mass is 204 g/mol. The van der Waals surface area contributed by atoms with Gasteiger partial charge in [0.05, 0.1) is 18.4 Å². The molecular formula is C10H12N4O. The van der Waals surface area contributed by atoms with Gasteiger partial charge in [-0.3, -0.25) is 5.10 Å². The van der Waals surface area contributed by atoms with Crippen LogP contribution in [0, 0.1) is 6.92 Å².